The Hall–Kier alpha value is -3.46. The van der Waals surface area contributed by atoms with Crippen molar-refractivity contribution >= 4 is 11.0 Å². The first kappa shape index (κ1) is 17.4. The van der Waals surface area contributed by atoms with Gasteiger partial charge in [0.15, 0.2) is 6.61 Å². The van der Waals surface area contributed by atoms with Gasteiger partial charge < -0.3 is 18.6 Å². The Bertz CT molecular complexity index is 1060. The second-order valence-corrected chi connectivity index (χ2v) is 5.56. The minimum atomic E-state index is -0.454. The van der Waals surface area contributed by atoms with Crippen LogP contribution in [0.4, 0.5) is 0 Å². The van der Waals surface area contributed by atoms with Crippen molar-refractivity contribution in [1.29, 1.82) is 5.26 Å². The van der Waals surface area contributed by atoms with E-state index >= 15 is 0 Å². The van der Waals surface area contributed by atoms with Gasteiger partial charge >= 0.3 is 5.63 Å². The quantitative estimate of drug-likeness (QED) is 0.652. The Morgan fingerprint density at radius 3 is 2.54 bits per heavy atom. The van der Waals surface area contributed by atoms with Crippen molar-refractivity contribution in [1.82, 2.24) is 0 Å². The van der Waals surface area contributed by atoms with Crippen molar-refractivity contribution in [3.63, 3.8) is 0 Å². The third kappa shape index (κ3) is 3.07. The van der Waals surface area contributed by atoms with E-state index in [2.05, 4.69) is 0 Å². The minimum Gasteiger partial charge on any atom is -0.497 e. The lowest BCUT2D eigenvalue weighted by molar-refractivity contribution is 0.368. The molecular formula is C20H17NO5. The van der Waals surface area contributed by atoms with Gasteiger partial charge in [0, 0.05) is 17.0 Å². The van der Waals surface area contributed by atoms with Crippen molar-refractivity contribution in [2.45, 2.75) is 6.92 Å². The standard InChI is InChI=1S/C20H17NO5/c1-12-16-10-14(25-9-8-21)5-7-17(16)26-20(22)19(12)15-6-4-13(23-2)11-18(15)24-3/h4-7,10-11H,9H2,1-3H3. The molecular weight excluding hydrogens is 334 g/mol. The summed E-state index contributed by atoms with van der Waals surface area (Å²) < 4.78 is 21.5. The summed E-state index contributed by atoms with van der Waals surface area (Å²) in [6.45, 7) is 1.78. The number of aryl methyl sites for hydroxylation is 1. The highest BCUT2D eigenvalue weighted by Crippen LogP contribution is 2.36. The molecule has 0 atom stereocenters. The summed E-state index contributed by atoms with van der Waals surface area (Å²) in [6, 6.07) is 12.2. The van der Waals surface area contributed by atoms with Crippen molar-refractivity contribution in [3.05, 3.63) is 52.4 Å². The molecule has 0 aliphatic carbocycles. The lowest BCUT2D eigenvalue weighted by atomic mass is 9.98. The highest BCUT2D eigenvalue weighted by Gasteiger charge is 2.18. The average Bonchev–Trinajstić information content (AvgIpc) is 2.66. The van der Waals surface area contributed by atoms with E-state index in [-0.39, 0.29) is 6.61 Å². The van der Waals surface area contributed by atoms with E-state index in [1.54, 1.807) is 43.5 Å². The van der Waals surface area contributed by atoms with E-state index in [0.29, 0.717) is 34.0 Å². The summed E-state index contributed by atoms with van der Waals surface area (Å²) >= 11 is 0. The Labute approximate surface area is 150 Å². The number of nitriles is 1. The third-order valence-electron chi connectivity index (χ3n) is 4.12. The number of hydrogen-bond donors (Lipinski definition) is 0. The molecule has 6 nitrogen and oxygen atoms in total. The van der Waals surface area contributed by atoms with Gasteiger partial charge in [-0.05, 0) is 42.8 Å². The summed E-state index contributed by atoms with van der Waals surface area (Å²) in [6.07, 6.45) is 0. The van der Waals surface area contributed by atoms with Crippen LogP contribution >= 0.6 is 0 Å². The lowest BCUT2D eigenvalue weighted by Crippen LogP contribution is -2.07. The van der Waals surface area contributed by atoms with Crippen LogP contribution in [0.25, 0.3) is 22.1 Å². The first-order valence-electron chi connectivity index (χ1n) is 7.88. The second-order valence-electron chi connectivity index (χ2n) is 5.56. The van der Waals surface area contributed by atoms with Crippen LogP contribution in [-0.2, 0) is 0 Å². The highest BCUT2D eigenvalue weighted by molar-refractivity contribution is 5.89. The molecule has 0 N–H and O–H groups in total. The van der Waals surface area contributed by atoms with Crippen LogP contribution < -0.4 is 19.8 Å². The number of fused-ring (bicyclic) bond motifs is 1. The molecule has 0 bridgehead atoms. The molecule has 0 radical (unpaired) electrons. The fraction of sp³-hybridized carbons (Fsp3) is 0.200. The van der Waals surface area contributed by atoms with Gasteiger partial charge in [-0.3, -0.25) is 0 Å². The minimum absolute atomic E-state index is 0.0551. The molecule has 0 aliphatic rings. The molecule has 0 saturated carbocycles. The van der Waals surface area contributed by atoms with Crippen LogP contribution in [0.2, 0.25) is 0 Å². The summed E-state index contributed by atoms with van der Waals surface area (Å²) in [5, 5.41) is 9.40. The Kier molecular flexibility index (Phi) is 4.81. The molecule has 3 rings (SSSR count). The van der Waals surface area contributed by atoms with Crippen LogP contribution in [0, 0.1) is 18.3 Å². The van der Waals surface area contributed by atoms with Gasteiger partial charge in [0.05, 0.1) is 19.8 Å². The van der Waals surface area contributed by atoms with Gasteiger partial charge in [-0.1, -0.05) is 0 Å². The number of rotatable bonds is 5. The lowest BCUT2D eigenvalue weighted by Gasteiger charge is -2.13. The summed E-state index contributed by atoms with van der Waals surface area (Å²) in [4.78, 5) is 12.6. The van der Waals surface area contributed by atoms with Crippen LogP contribution in [0.1, 0.15) is 5.56 Å². The largest absolute Gasteiger partial charge is 0.497 e. The normalized spacial score (nSPS) is 10.4. The Balaban J connectivity index is 2.23. The molecule has 0 spiro atoms. The maximum absolute atomic E-state index is 12.6. The highest BCUT2D eigenvalue weighted by atomic mass is 16.5. The molecule has 0 saturated heterocycles. The third-order valence-corrected chi connectivity index (χ3v) is 4.12. The van der Waals surface area contributed by atoms with Crippen LogP contribution in [0.15, 0.2) is 45.6 Å². The maximum Gasteiger partial charge on any atom is 0.344 e. The first-order chi connectivity index (χ1) is 12.6. The first-order valence-corrected chi connectivity index (χ1v) is 7.88. The smallest absolute Gasteiger partial charge is 0.344 e. The van der Waals surface area contributed by atoms with Crippen molar-refractivity contribution in [2.24, 2.45) is 0 Å². The molecule has 0 fully saturated rings. The summed E-state index contributed by atoms with van der Waals surface area (Å²) in [7, 11) is 3.09. The molecule has 1 heterocycles. The molecule has 26 heavy (non-hydrogen) atoms. The van der Waals surface area contributed by atoms with E-state index in [9.17, 15) is 4.79 Å². The number of hydrogen-bond acceptors (Lipinski definition) is 6. The molecule has 2 aromatic carbocycles. The molecule has 0 unspecified atom stereocenters. The SMILES string of the molecule is COc1ccc(-c2c(C)c3cc(OCC#N)ccc3oc2=O)c(OC)c1. The van der Waals surface area contributed by atoms with E-state index in [1.807, 2.05) is 13.0 Å². The van der Waals surface area contributed by atoms with Crippen LogP contribution in [-0.4, -0.2) is 20.8 Å². The monoisotopic (exact) mass is 351 g/mol. The van der Waals surface area contributed by atoms with E-state index < -0.39 is 5.63 Å². The topological polar surface area (TPSA) is 81.7 Å². The summed E-state index contributed by atoms with van der Waals surface area (Å²) in [5.41, 5.74) is 1.76. The zero-order valence-electron chi connectivity index (χ0n) is 14.7. The molecule has 132 valence electrons. The zero-order chi connectivity index (χ0) is 18.7. The average molecular weight is 351 g/mol. The Morgan fingerprint density at radius 2 is 1.85 bits per heavy atom. The number of nitrogens with zero attached hydrogens (tertiary/aromatic N) is 1. The van der Waals surface area contributed by atoms with Gasteiger partial charge in [-0.15, -0.1) is 0 Å². The predicted octanol–water partition coefficient (Wildman–Crippen LogP) is 3.69. The molecule has 3 aromatic rings. The van der Waals surface area contributed by atoms with Gasteiger partial charge in [-0.2, -0.15) is 5.26 Å². The van der Waals surface area contributed by atoms with Crippen molar-refractivity contribution in [2.75, 3.05) is 20.8 Å². The van der Waals surface area contributed by atoms with Crippen molar-refractivity contribution in [3.8, 4) is 34.4 Å². The number of benzene rings is 2. The van der Waals surface area contributed by atoms with E-state index in [1.165, 1.54) is 7.11 Å². The molecule has 0 aliphatic heterocycles. The van der Waals surface area contributed by atoms with E-state index in [0.717, 1.165) is 10.9 Å². The number of methoxy groups -OCH3 is 2. The molecule has 6 heteroatoms. The fourth-order valence-electron chi connectivity index (χ4n) is 2.85. The molecule has 0 amide bonds. The maximum atomic E-state index is 12.6. The molecule has 1 aromatic heterocycles. The predicted molar refractivity (Wildman–Crippen MR) is 96.9 cm³/mol. The fourth-order valence-corrected chi connectivity index (χ4v) is 2.85. The second kappa shape index (κ2) is 7.19. The van der Waals surface area contributed by atoms with Crippen molar-refractivity contribution < 1.29 is 18.6 Å². The number of ether oxygens (including phenoxy) is 3. The Morgan fingerprint density at radius 1 is 1.08 bits per heavy atom. The summed E-state index contributed by atoms with van der Waals surface area (Å²) in [5.74, 6) is 1.67. The van der Waals surface area contributed by atoms with Gasteiger partial charge in [0.1, 0.15) is 28.9 Å². The zero-order valence-corrected chi connectivity index (χ0v) is 14.7. The van der Waals surface area contributed by atoms with Gasteiger partial charge in [0.2, 0.25) is 0 Å². The van der Waals surface area contributed by atoms with Crippen LogP contribution in [0.3, 0.4) is 0 Å². The van der Waals surface area contributed by atoms with Gasteiger partial charge in [-0.25, -0.2) is 4.79 Å². The van der Waals surface area contributed by atoms with Gasteiger partial charge in [0.25, 0.3) is 0 Å². The van der Waals surface area contributed by atoms with Crippen LogP contribution in [0.5, 0.6) is 17.2 Å². The van der Waals surface area contributed by atoms with E-state index in [4.69, 9.17) is 23.9 Å².